The Morgan fingerprint density at radius 1 is 0.778 bits per heavy atom. The maximum absolute atomic E-state index is 7.76. The van der Waals surface area contributed by atoms with E-state index >= 15 is 0 Å². The van der Waals surface area contributed by atoms with E-state index in [1.165, 1.54) is 77.0 Å². The maximum Gasteiger partial charge on any atom is 0.188 e. The van der Waals surface area contributed by atoms with Gasteiger partial charge in [-0.15, -0.1) is 0 Å². The Morgan fingerprint density at radius 2 is 1.31 bits per heavy atom. The van der Waals surface area contributed by atoms with Gasteiger partial charge in [-0.05, 0) is 107 Å². The number of nitrogens with zero attached hydrogens (tertiary/aromatic N) is 6. The Hall–Kier alpha value is -3.07. The fourth-order valence-corrected chi connectivity index (χ4v) is 7.73. The molecule has 2 heterocycles. The predicted octanol–water partition coefficient (Wildman–Crippen LogP) is 6.93. The number of hydrogen-bond acceptors (Lipinski definition) is 4. The summed E-state index contributed by atoms with van der Waals surface area (Å²) in [5, 5.41) is 0. The third-order valence-corrected chi connectivity index (χ3v) is 10.2. The molecule has 6 heteroatoms. The molecule has 4 bridgehead atoms. The fraction of sp³-hybridized carbons (Fsp3) is 0.567. The summed E-state index contributed by atoms with van der Waals surface area (Å²) in [6, 6.07) is 5.99. The average Bonchev–Trinajstić information content (AvgIpc) is 3.40. The molecule has 3 aromatic rings. The minimum Gasteiger partial charge on any atom is -0.334 e. The monoisotopic (exact) mass is 478 g/mol. The molecule has 2 aromatic heterocycles. The third kappa shape index (κ3) is 3.50. The van der Waals surface area contributed by atoms with Crippen molar-refractivity contribution in [2.75, 3.05) is 0 Å². The topological polar surface area (TPSA) is 60.9 Å². The van der Waals surface area contributed by atoms with Crippen LogP contribution >= 0.6 is 0 Å². The zero-order valence-electron chi connectivity index (χ0n) is 21.2. The molecule has 1 aromatic carbocycles. The van der Waals surface area contributed by atoms with Crippen LogP contribution in [0.15, 0.2) is 30.6 Å². The van der Waals surface area contributed by atoms with Gasteiger partial charge in [-0.25, -0.2) is 24.8 Å². The first kappa shape index (κ1) is 22.2. The molecule has 6 aliphatic carbocycles. The van der Waals surface area contributed by atoms with Gasteiger partial charge in [0.05, 0.1) is 6.57 Å². The van der Waals surface area contributed by atoms with Gasteiger partial charge < -0.3 is 4.57 Å². The lowest BCUT2D eigenvalue weighted by Gasteiger charge is -2.47. The molecule has 6 saturated carbocycles. The van der Waals surface area contributed by atoms with Crippen molar-refractivity contribution in [3.8, 4) is 22.8 Å². The minimum absolute atomic E-state index is 0.101. The first-order valence-electron chi connectivity index (χ1n) is 13.8. The molecule has 0 saturated heterocycles. The molecule has 6 aliphatic rings. The standard InChI is InChI=1S/C30H34N6/c1-31-24-18-22(17-23(19-24)26-32-15-16-36(26)2)25-33-27(29-9-3-20(4-10-29)5-11-29)35-28(34-25)30-12-6-21(7-13-30)8-14-30/h15-21H,3-14H2,2H3. The maximum atomic E-state index is 7.76. The van der Waals surface area contributed by atoms with Crippen LogP contribution in [-0.2, 0) is 17.9 Å². The van der Waals surface area contributed by atoms with E-state index in [9.17, 15) is 0 Å². The summed E-state index contributed by atoms with van der Waals surface area (Å²) >= 11 is 0. The van der Waals surface area contributed by atoms with Crippen LogP contribution < -0.4 is 0 Å². The Labute approximate surface area is 213 Å². The van der Waals surface area contributed by atoms with Crippen molar-refractivity contribution in [1.82, 2.24) is 24.5 Å². The Balaban J connectivity index is 1.40. The average molecular weight is 479 g/mol. The number of rotatable bonds is 4. The van der Waals surface area contributed by atoms with Crippen LogP contribution in [0.4, 0.5) is 5.69 Å². The minimum atomic E-state index is 0.101. The van der Waals surface area contributed by atoms with Gasteiger partial charge in [0.2, 0.25) is 0 Å². The number of imidazole rings is 1. The molecule has 0 atom stereocenters. The van der Waals surface area contributed by atoms with E-state index in [2.05, 4.69) is 15.9 Å². The van der Waals surface area contributed by atoms with Crippen molar-refractivity contribution in [2.45, 2.75) is 87.9 Å². The summed E-state index contributed by atoms with van der Waals surface area (Å²) in [5.74, 6) is 5.47. The summed E-state index contributed by atoms with van der Waals surface area (Å²) in [4.78, 5) is 24.2. The van der Waals surface area contributed by atoms with Crippen molar-refractivity contribution in [2.24, 2.45) is 18.9 Å². The fourth-order valence-electron chi connectivity index (χ4n) is 7.73. The van der Waals surface area contributed by atoms with E-state index in [0.717, 1.165) is 46.3 Å². The SMILES string of the molecule is [C-]#[N+]c1cc(-c2nc(C34CCC(CC3)CC4)nc(C34CCC(CC3)CC4)n2)cc(-c2nccn2C)c1. The summed E-state index contributed by atoms with van der Waals surface area (Å²) in [7, 11) is 1.99. The summed E-state index contributed by atoms with van der Waals surface area (Å²) < 4.78 is 2.00. The smallest absolute Gasteiger partial charge is 0.188 e. The molecule has 0 N–H and O–H groups in total. The van der Waals surface area contributed by atoms with Gasteiger partial charge in [0.25, 0.3) is 0 Å². The highest BCUT2D eigenvalue weighted by molar-refractivity contribution is 5.73. The number of aromatic nitrogens is 5. The highest BCUT2D eigenvalue weighted by Gasteiger charge is 2.47. The second kappa shape index (κ2) is 8.23. The van der Waals surface area contributed by atoms with E-state index in [0.29, 0.717) is 5.69 Å². The first-order chi connectivity index (χ1) is 17.6. The van der Waals surface area contributed by atoms with Crippen molar-refractivity contribution >= 4 is 5.69 Å². The second-order valence-corrected chi connectivity index (χ2v) is 12.1. The van der Waals surface area contributed by atoms with Crippen LogP contribution in [-0.4, -0.2) is 24.5 Å². The van der Waals surface area contributed by atoms with Crippen LogP contribution in [0.25, 0.3) is 27.6 Å². The van der Waals surface area contributed by atoms with Crippen LogP contribution in [0.2, 0.25) is 0 Å². The van der Waals surface area contributed by atoms with E-state index in [4.69, 9.17) is 21.5 Å². The molecule has 0 aliphatic heterocycles. The zero-order chi connectivity index (χ0) is 24.3. The van der Waals surface area contributed by atoms with Crippen LogP contribution in [0.3, 0.4) is 0 Å². The lowest BCUT2D eigenvalue weighted by molar-refractivity contribution is 0.117. The number of benzene rings is 1. The van der Waals surface area contributed by atoms with E-state index in [-0.39, 0.29) is 10.8 Å². The first-order valence-corrected chi connectivity index (χ1v) is 13.8. The molecular formula is C30H34N6. The van der Waals surface area contributed by atoms with E-state index in [1.54, 1.807) is 6.20 Å². The highest BCUT2D eigenvalue weighted by atomic mass is 15.1. The predicted molar refractivity (Wildman–Crippen MR) is 139 cm³/mol. The number of fused-ring (bicyclic) bond motifs is 6. The van der Waals surface area contributed by atoms with Gasteiger partial charge >= 0.3 is 0 Å². The van der Waals surface area contributed by atoms with E-state index in [1.807, 2.05) is 29.9 Å². The zero-order valence-corrected chi connectivity index (χ0v) is 21.2. The molecule has 184 valence electrons. The molecule has 0 amide bonds. The van der Waals surface area contributed by atoms with E-state index < -0.39 is 0 Å². The molecule has 6 fully saturated rings. The molecule has 0 radical (unpaired) electrons. The molecule has 9 rings (SSSR count). The number of hydrogen-bond donors (Lipinski definition) is 0. The summed E-state index contributed by atoms with van der Waals surface area (Å²) in [5.41, 5.74) is 2.64. The molecular weight excluding hydrogens is 444 g/mol. The molecule has 36 heavy (non-hydrogen) atoms. The lowest BCUT2D eigenvalue weighted by Crippen LogP contribution is -2.42. The summed E-state index contributed by atoms with van der Waals surface area (Å²) in [6.07, 6.45) is 18.8. The van der Waals surface area contributed by atoms with Crippen molar-refractivity contribution in [3.63, 3.8) is 0 Å². The molecule has 6 nitrogen and oxygen atoms in total. The van der Waals surface area contributed by atoms with Gasteiger partial charge in [-0.2, -0.15) is 0 Å². The van der Waals surface area contributed by atoms with Gasteiger partial charge in [-0.1, -0.05) is 0 Å². The molecule has 0 unspecified atom stereocenters. The highest BCUT2D eigenvalue weighted by Crippen LogP contribution is 2.53. The van der Waals surface area contributed by atoms with Gasteiger partial charge in [-0.3, -0.25) is 0 Å². The second-order valence-electron chi connectivity index (χ2n) is 12.1. The van der Waals surface area contributed by atoms with Crippen LogP contribution in [0, 0.1) is 18.4 Å². The number of aryl methyl sites for hydroxylation is 1. The van der Waals surface area contributed by atoms with Crippen LogP contribution in [0.1, 0.15) is 88.7 Å². The van der Waals surface area contributed by atoms with Gasteiger partial charge in [0, 0.05) is 41.4 Å². The van der Waals surface area contributed by atoms with Crippen LogP contribution in [0.5, 0.6) is 0 Å². The summed E-state index contributed by atoms with van der Waals surface area (Å²) in [6.45, 7) is 7.76. The lowest BCUT2D eigenvalue weighted by atomic mass is 9.59. The van der Waals surface area contributed by atoms with Crippen molar-refractivity contribution < 1.29 is 0 Å². The Kier molecular flexibility index (Phi) is 5.06. The van der Waals surface area contributed by atoms with Gasteiger partial charge in [0.1, 0.15) is 17.5 Å². The largest absolute Gasteiger partial charge is 0.334 e. The normalized spacial score (nSPS) is 30.9. The van der Waals surface area contributed by atoms with Crippen molar-refractivity contribution in [3.05, 3.63) is 53.7 Å². The Morgan fingerprint density at radius 3 is 1.78 bits per heavy atom. The quantitative estimate of drug-likeness (QED) is 0.381. The Bertz CT molecular complexity index is 1270. The van der Waals surface area contributed by atoms with Gasteiger partial charge in [0.15, 0.2) is 11.5 Å². The van der Waals surface area contributed by atoms with Crippen molar-refractivity contribution in [1.29, 1.82) is 0 Å². The molecule has 0 spiro atoms. The third-order valence-electron chi connectivity index (χ3n) is 10.2.